The van der Waals surface area contributed by atoms with Gasteiger partial charge < -0.3 is 11.1 Å². The zero-order valence-corrected chi connectivity index (χ0v) is 16.3. The molecule has 0 saturated heterocycles. The molecule has 0 aliphatic heterocycles. The van der Waals surface area contributed by atoms with Crippen LogP contribution in [0.5, 0.6) is 0 Å². The Balaban J connectivity index is 1.68. The van der Waals surface area contributed by atoms with Gasteiger partial charge in [0.1, 0.15) is 4.47 Å². The molecule has 1 saturated carbocycles. The van der Waals surface area contributed by atoms with E-state index in [4.69, 9.17) is 17.3 Å². The Morgan fingerprint density at radius 2 is 2.15 bits per heavy atom. The average Bonchev–Trinajstić information content (AvgIpc) is 3.21. The minimum Gasteiger partial charge on any atom is -0.381 e. The number of nitrogens with one attached hydrogen (secondary N) is 1. The molecule has 0 unspecified atom stereocenters. The van der Waals surface area contributed by atoms with Crippen molar-refractivity contribution >= 4 is 39.3 Å². The van der Waals surface area contributed by atoms with Crippen LogP contribution in [0.4, 0.5) is 5.82 Å². The monoisotopic (exact) mass is 434 g/mol. The molecule has 4 rings (SSSR count). The van der Waals surface area contributed by atoms with Crippen LogP contribution in [0.25, 0.3) is 16.9 Å². The third-order valence-corrected chi connectivity index (χ3v) is 5.33. The second-order valence-corrected chi connectivity index (χ2v) is 7.46. The fraction of sp³-hybridized carbons (Fsp3) is 0.235. The molecule has 9 heteroatoms. The van der Waals surface area contributed by atoms with Crippen molar-refractivity contribution in [3.8, 4) is 16.9 Å². The number of benzene rings is 1. The maximum Gasteiger partial charge on any atom is 0.253 e. The molecule has 7 nitrogen and oxygen atoms in total. The van der Waals surface area contributed by atoms with Crippen molar-refractivity contribution in [1.82, 2.24) is 24.9 Å². The van der Waals surface area contributed by atoms with Gasteiger partial charge in [-0.1, -0.05) is 17.7 Å². The number of aromatic nitrogens is 4. The Hall–Kier alpha value is -2.32. The van der Waals surface area contributed by atoms with Gasteiger partial charge in [0.05, 0.1) is 16.8 Å². The average molecular weight is 436 g/mol. The molecule has 3 aromatic rings. The van der Waals surface area contributed by atoms with Crippen molar-refractivity contribution in [2.45, 2.75) is 18.9 Å². The summed E-state index contributed by atoms with van der Waals surface area (Å²) in [4.78, 5) is 12.4. The molecule has 0 spiro atoms. The quantitative estimate of drug-likeness (QED) is 0.658. The lowest BCUT2D eigenvalue weighted by Crippen LogP contribution is -2.25. The fourth-order valence-corrected chi connectivity index (χ4v) is 3.44. The van der Waals surface area contributed by atoms with Crippen LogP contribution in [0.1, 0.15) is 23.2 Å². The zero-order valence-electron chi connectivity index (χ0n) is 13.9. The summed E-state index contributed by atoms with van der Waals surface area (Å²) >= 11 is 9.65. The lowest BCUT2D eigenvalue weighted by molar-refractivity contribution is 0.0951. The number of nitrogens with zero attached hydrogens (tertiary/aromatic N) is 4. The topological polar surface area (TPSA) is 90.8 Å². The fourth-order valence-electron chi connectivity index (χ4n) is 2.72. The molecule has 1 aliphatic carbocycles. The summed E-state index contributed by atoms with van der Waals surface area (Å²) in [6.45, 7) is 0. The molecule has 0 radical (unpaired) electrons. The number of amides is 1. The van der Waals surface area contributed by atoms with Crippen LogP contribution in [0.15, 0.2) is 35.1 Å². The number of halogens is 2. The summed E-state index contributed by atoms with van der Waals surface area (Å²) in [5, 5.41) is 12.0. The van der Waals surface area contributed by atoms with Gasteiger partial charge in [-0.2, -0.15) is 10.2 Å². The Morgan fingerprint density at radius 1 is 1.38 bits per heavy atom. The highest BCUT2D eigenvalue weighted by Gasteiger charge is 2.25. The van der Waals surface area contributed by atoms with E-state index in [0.717, 1.165) is 29.8 Å². The van der Waals surface area contributed by atoms with Gasteiger partial charge in [0.2, 0.25) is 0 Å². The summed E-state index contributed by atoms with van der Waals surface area (Å²) in [5.74, 6) is 0.966. The number of rotatable bonds is 4. The third-order valence-electron chi connectivity index (χ3n) is 4.24. The van der Waals surface area contributed by atoms with E-state index in [2.05, 4.69) is 31.4 Å². The first-order valence-electron chi connectivity index (χ1n) is 8.08. The zero-order chi connectivity index (χ0) is 18.4. The van der Waals surface area contributed by atoms with E-state index in [1.807, 2.05) is 12.3 Å². The predicted molar refractivity (Wildman–Crippen MR) is 103 cm³/mol. The number of carbonyl (C=O) groups is 1. The van der Waals surface area contributed by atoms with Crippen molar-refractivity contribution in [1.29, 1.82) is 0 Å². The molecule has 0 bridgehead atoms. The second kappa shape index (κ2) is 6.44. The molecule has 26 heavy (non-hydrogen) atoms. The Kier molecular flexibility index (Phi) is 4.24. The van der Waals surface area contributed by atoms with Crippen LogP contribution in [0.2, 0.25) is 5.02 Å². The summed E-state index contributed by atoms with van der Waals surface area (Å²) in [6, 6.07) is 5.66. The maximum absolute atomic E-state index is 12.4. The number of carbonyl (C=O) groups excluding carboxylic acids is 1. The normalized spacial score (nSPS) is 13.8. The molecule has 0 atom stereocenters. The van der Waals surface area contributed by atoms with E-state index in [1.54, 1.807) is 34.7 Å². The second-order valence-electron chi connectivity index (χ2n) is 6.26. The van der Waals surface area contributed by atoms with E-state index in [-0.39, 0.29) is 11.9 Å². The highest BCUT2D eigenvalue weighted by Crippen LogP contribution is 2.29. The van der Waals surface area contributed by atoms with Gasteiger partial charge >= 0.3 is 0 Å². The van der Waals surface area contributed by atoms with E-state index in [0.29, 0.717) is 20.9 Å². The first-order chi connectivity index (χ1) is 12.4. The molecule has 1 aromatic carbocycles. The molecule has 2 aromatic heterocycles. The largest absolute Gasteiger partial charge is 0.381 e. The Bertz CT molecular complexity index is 1010. The smallest absolute Gasteiger partial charge is 0.253 e. The number of nitrogens with two attached hydrogens (primary N) is 1. The van der Waals surface area contributed by atoms with Crippen molar-refractivity contribution in [2.24, 2.45) is 7.05 Å². The summed E-state index contributed by atoms with van der Waals surface area (Å²) in [5.41, 5.74) is 8.01. The van der Waals surface area contributed by atoms with Crippen molar-refractivity contribution in [3.63, 3.8) is 0 Å². The first kappa shape index (κ1) is 17.1. The van der Waals surface area contributed by atoms with Gasteiger partial charge in [-0.25, -0.2) is 9.36 Å². The molecular weight excluding hydrogens is 420 g/mol. The standard InChI is InChI=1S/C17H16BrClN6O/c1-24-17(14(18)15(20)23-24)25-8-10(7-21-25)9-2-5-13(19)12(6-9)16(26)22-11-3-4-11/h2,5-8,11H,3-4H2,1H3,(H2,20,23)(H,22,26). The minimum atomic E-state index is -0.145. The van der Waals surface area contributed by atoms with E-state index < -0.39 is 0 Å². The third kappa shape index (κ3) is 3.10. The van der Waals surface area contributed by atoms with Gasteiger partial charge in [-0.3, -0.25) is 4.79 Å². The van der Waals surface area contributed by atoms with Gasteiger partial charge in [0, 0.05) is 24.8 Å². The van der Waals surface area contributed by atoms with E-state index >= 15 is 0 Å². The van der Waals surface area contributed by atoms with Gasteiger partial charge in [0.25, 0.3) is 5.91 Å². The van der Waals surface area contributed by atoms with Crippen LogP contribution >= 0.6 is 27.5 Å². The highest BCUT2D eigenvalue weighted by molar-refractivity contribution is 9.10. The number of anilines is 1. The van der Waals surface area contributed by atoms with Crippen molar-refractivity contribution in [2.75, 3.05) is 5.73 Å². The van der Waals surface area contributed by atoms with Crippen LogP contribution in [-0.4, -0.2) is 31.5 Å². The summed E-state index contributed by atoms with van der Waals surface area (Å²) < 4.78 is 4.00. The van der Waals surface area contributed by atoms with E-state index in [9.17, 15) is 4.79 Å². The molecule has 2 heterocycles. The molecule has 1 aliphatic rings. The summed E-state index contributed by atoms with van der Waals surface area (Å²) in [6.07, 6.45) is 5.63. The van der Waals surface area contributed by atoms with Crippen molar-refractivity contribution in [3.05, 3.63) is 45.7 Å². The van der Waals surface area contributed by atoms with E-state index in [1.165, 1.54) is 0 Å². The number of aryl methyl sites for hydroxylation is 1. The number of hydrogen-bond acceptors (Lipinski definition) is 4. The molecule has 1 fully saturated rings. The Labute approximate surface area is 163 Å². The molecule has 3 N–H and O–H groups in total. The highest BCUT2D eigenvalue weighted by atomic mass is 79.9. The van der Waals surface area contributed by atoms with Gasteiger partial charge in [-0.05, 0) is 46.5 Å². The van der Waals surface area contributed by atoms with Crippen molar-refractivity contribution < 1.29 is 4.79 Å². The predicted octanol–water partition coefficient (Wildman–Crippen LogP) is 3.16. The lowest BCUT2D eigenvalue weighted by atomic mass is 10.1. The van der Waals surface area contributed by atoms with Gasteiger partial charge in [0.15, 0.2) is 11.6 Å². The minimum absolute atomic E-state index is 0.145. The number of nitrogen functional groups attached to an aromatic ring is 1. The SMILES string of the molecule is Cn1nc(N)c(Br)c1-n1cc(-c2ccc(Cl)c(C(=O)NC3CC3)c2)cn1. The Morgan fingerprint density at radius 3 is 2.81 bits per heavy atom. The number of hydrogen-bond donors (Lipinski definition) is 2. The molecular formula is C17H16BrClN6O. The molecule has 1 amide bonds. The van der Waals surface area contributed by atoms with Crippen LogP contribution < -0.4 is 11.1 Å². The lowest BCUT2D eigenvalue weighted by Gasteiger charge is -2.07. The molecule has 134 valence electrons. The first-order valence-corrected chi connectivity index (χ1v) is 9.25. The van der Waals surface area contributed by atoms with Gasteiger partial charge in [-0.15, -0.1) is 0 Å². The maximum atomic E-state index is 12.4. The van der Waals surface area contributed by atoms with Crippen LogP contribution in [-0.2, 0) is 7.05 Å². The van der Waals surface area contributed by atoms with Crippen LogP contribution in [0.3, 0.4) is 0 Å². The van der Waals surface area contributed by atoms with Crippen LogP contribution in [0, 0.1) is 0 Å². The summed E-state index contributed by atoms with van der Waals surface area (Å²) in [7, 11) is 1.79.